The SMILES string of the molecule is CC(O)[C@H]1C(=O)N2C(C(=O)O)=C([C@H](N)CCCO)S[C@H]12. The topological polar surface area (TPSA) is 124 Å². The highest BCUT2D eigenvalue weighted by molar-refractivity contribution is 8.04. The second kappa shape index (κ2) is 5.72. The first-order valence-corrected chi connectivity index (χ1v) is 7.29. The Labute approximate surface area is 120 Å². The van der Waals surface area contributed by atoms with Crippen LogP contribution in [0.25, 0.3) is 0 Å². The highest BCUT2D eigenvalue weighted by atomic mass is 32.2. The molecule has 0 spiro atoms. The lowest BCUT2D eigenvalue weighted by Crippen LogP contribution is -2.60. The highest BCUT2D eigenvalue weighted by Gasteiger charge is 2.58. The summed E-state index contributed by atoms with van der Waals surface area (Å²) in [4.78, 5) is 25.0. The summed E-state index contributed by atoms with van der Waals surface area (Å²) in [5.74, 6) is -2.15. The van der Waals surface area contributed by atoms with Crippen molar-refractivity contribution in [2.75, 3.05) is 6.61 Å². The normalized spacial score (nSPS) is 28.2. The van der Waals surface area contributed by atoms with Crippen LogP contribution < -0.4 is 5.73 Å². The van der Waals surface area contributed by atoms with Gasteiger partial charge in [0.1, 0.15) is 11.1 Å². The van der Waals surface area contributed by atoms with Gasteiger partial charge in [-0.05, 0) is 19.8 Å². The molecule has 0 aromatic heterocycles. The van der Waals surface area contributed by atoms with Crippen LogP contribution in [0, 0.1) is 5.92 Å². The van der Waals surface area contributed by atoms with Gasteiger partial charge in [0.25, 0.3) is 0 Å². The third kappa shape index (κ3) is 2.32. The van der Waals surface area contributed by atoms with Gasteiger partial charge >= 0.3 is 5.97 Å². The number of carbonyl (C=O) groups excluding carboxylic acids is 1. The van der Waals surface area contributed by atoms with Crippen LogP contribution in [-0.2, 0) is 9.59 Å². The minimum absolute atomic E-state index is 0.0174. The molecule has 2 aliphatic rings. The fraction of sp³-hybridized carbons (Fsp3) is 0.667. The number of nitrogens with zero attached hydrogens (tertiary/aromatic N) is 1. The molecule has 112 valence electrons. The fourth-order valence-corrected chi connectivity index (χ4v) is 4.17. The van der Waals surface area contributed by atoms with E-state index >= 15 is 0 Å². The number of carboxylic acids is 1. The molecule has 1 amide bonds. The Morgan fingerprint density at radius 2 is 2.20 bits per heavy atom. The molecule has 1 fully saturated rings. The zero-order chi connectivity index (χ0) is 15.0. The number of amides is 1. The molecule has 5 N–H and O–H groups in total. The number of aliphatic hydroxyl groups excluding tert-OH is 2. The van der Waals surface area contributed by atoms with Crippen LogP contribution in [0.15, 0.2) is 10.6 Å². The van der Waals surface area contributed by atoms with Gasteiger partial charge in [-0.25, -0.2) is 4.79 Å². The highest BCUT2D eigenvalue weighted by Crippen LogP contribution is 2.51. The maximum atomic E-state index is 12.0. The van der Waals surface area contributed by atoms with Gasteiger partial charge in [-0.3, -0.25) is 9.69 Å². The molecule has 8 heteroatoms. The van der Waals surface area contributed by atoms with E-state index in [0.29, 0.717) is 17.7 Å². The lowest BCUT2D eigenvalue weighted by atomic mass is 9.92. The van der Waals surface area contributed by atoms with Crippen LogP contribution in [0.3, 0.4) is 0 Å². The second-order valence-corrected chi connectivity index (χ2v) is 6.13. The first kappa shape index (κ1) is 15.3. The predicted octanol–water partition coefficient (Wildman–Crippen LogP) is -0.705. The summed E-state index contributed by atoms with van der Waals surface area (Å²) in [6.07, 6.45) is 0.0969. The standard InChI is InChI=1S/C12H18N2O5S/c1-5(16)7-10(17)14-8(12(18)19)9(20-11(7)14)6(13)3-2-4-15/h5-7,11,15-16H,2-4,13H2,1H3,(H,18,19)/t5?,6-,7+,11-/m1/s1. The Morgan fingerprint density at radius 3 is 2.70 bits per heavy atom. The molecule has 0 saturated carbocycles. The van der Waals surface area contributed by atoms with Crippen molar-refractivity contribution in [3.05, 3.63) is 10.6 Å². The Balaban J connectivity index is 2.23. The third-order valence-corrected chi connectivity index (χ3v) is 5.03. The van der Waals surface area contributed by atoms with Gasteiger partial charge in [0.2, 0.25) is 5.91 Å². The van der Waals surface area contributed by atoms with Gasteiger partial charge in [0.15, 0.2) is 0 Å². The molecular weight excluding hydrogens is 284 g/mol. The minimum atomic E-state index is -1.19. The molecule has 2 aliphatic heterocycles. The average molecular weight is 302 g/mol. The number of carboxylic acid groups (broad SMARTS) is 1. The van der Waals surface area contributed by atoms with Crippen molar-refractivity contribution < 1.29 is 24.9 Å². The second-order valence-electron chi connectivity index (χ2n) is 4.97. The van der Waals surface area contributed by atoms with E-state index in [1.807, 2.05) is 0 Å². The summed E-state index contributed by atoms with van der Waals surface area (Å²) in [6, 6.07) is -0.522. The van der Waals surface area contributed by atoms with Gasteiger partial charge in [-0.1, -0.05) is 11.8 Å². The van der Waals surface area contributed by atoms with E-state index in [1.165, 1.54) is 23.6 Å². The predicted molar refractivity (Wildman–Crippen MR) is 72.4 cm³/mol. The first-order valence-electron chi connectivity index (χ1n) is 6.41. The number of fused-ring (bicyclic) bond motifs is 1. The monoisotopic (exact) mass is 302 g/mol. The van der Waals surface area contributed by atoms with Crippen LogP contribution in [0.4, 0.5) is 0 Å². The maximum Gasteiger partial charge on any atom is 0.353 e. The van der Waals surface area contributed by atoms with Crippen LogP contribution in [0.1, 0.15) is 19.8 Å². The number of aliphatic hydroxyl groups is 2. The maximum absolute atomic E-state index is 12.0. The van der Waals surface area contributed by atoms with Crippen molar-refractivity contribution in [1.29, 1.82) is 0 Å². The largest absolute Gasteiger partial charge is 0.477 e. The summed E-state index contributed by atoms with van der Waals surface area (Å²) in [7, 11) is 0. The average Bonchev–Trinajstić information content (AvgIpc) is 2.70. The zero-order valence-electron chi connectivity index (χ0n) is 11.0. The number of β-lactam (4-membered cyclic amide) rings is 1. The van der Waals surface area contributed by atoms with Crippen LogP contribution in [-0.4, -0.2) is 56.2 Å². The molecule has 4 atom stereocenters. The van der Waals surface area contributed by atoms with E-state index in [2.05, 4.69) is 0 Å². The zero-order valence-corrected chi connectivity index (χ0v) is 11.8. The van der Waals surface area contributed by atoms with E-state index in [9.17, 15) is 19.8 Å². The first-order chi connectivity index (χ1) is 9.40. The number of hydrogen-bond donors (Lipinski definition) is 4. The Hall–Kier alpha value is -1.09. The van der Waals surface area contributed by atoms with E-state index in [1.54, 1.807) is 0 Å². The molecule has 0 radical (unpaired) electrons. The molecule has 0 bridgehead atoms. The molecule has 0 aliphatic carbocycles. The van der Waals surface area contributed by atoms with E-state index < -0.39 is 24.0 Å². The Bertz CT molecular complexity index is 465. The van der Waals surface area contributed by atoms with Gasteiger partial charge < -0.3 is 21.1 Å². The number of hydrogen-bond acceptors (Lipinski definition) is 6. The van der Waals surface area contributed by atoms with Crippen molar-refractivity contribution >= 4 is 23.6 Å². The number of nitrogens with two attached hydrogens (primary N) is 1. The van der Waals surface area contributed by atoms with E-state index in [4.69, 9.17) is 10.8 Å². The van der Waals surface area contributed by atoms with Crippen molar-refractivity contribution in [3.63, 3.8) is 0 Å². The van der Waals surface area contributed by atoms with Gasteiger partial charge in [0, 0.05) is 17.6 Å². The molecule has 7 nitrogen and oxygen atoms in total. The van der Waals surface area contributed by atoms with Crippen molar-refractivity contribution in [3.8, 4) is 0 Å². The van der Waals surface area contributed by atoms with Crippen molar-refractivity contribution in [2.24, 2.45) is 11.7 Å². The van der Waals surface area contributed by atoms with Gasteiger partial charge in [-0.15, -0.1) is 0 Å². The number of carbonyl (C=O) groups is 2. The summed E-state index contributed by atoms with van der Waals surface area (Å²) in [6.45, 7) is 1.50. The van der Waals surface area contributed by atoms with Crippen LogP contribution in [0.2, 0.25) is 0 Å². The lowest BCUT2D eigenvalue weighted by molar-refractivity contribution is -0.156. The minimum Gasteiger partial charge on any atom is -0.477 e. The molecule has 0 aromatic rings. The molecular formula is C12H18N2O5S. The molecule has 1 unspecified atom stereocenters. The quantitative estimate of drug-likeness (QED) is 0.478. The lowest BCUT2D eigenvalue weighted by Gasteiger charge is -2.43. The van der Waals surface area contributed by atoms with Crippen molar-refractivity contribution in [2.45, 2.75) is 37.3 Å². The molecule has 1 saturated heterocycles. The number of rotatable bonds is 6. The Morgan fingerprint density at radius 1 is 1.55 bits per heavy atom. The van der Waals surface area contributed by atoms with Gasteiger partial charge in [-0.2, -0.15) is 0 Å². The van der Waals surface area contributed by atoms with Crippen molar-refractivity contribution in [1.82, 2.24) is 4.90 Å². The summed E-state index contributed by atoms with van der Waals surface area (Å²) in [5.41, 5.74) is 5.88. The summed E-state index contributed by atoms with van der Waals surface area (Å²) in [5, 5.41) is 27.3. The number of aliphatic carboxylic acids is 1. The third-order valence-electron chi connectivity index (χ3n) is 3.54. The fourth-order valence-electron chi connectivity index (χ4n) is 2.51. The smallest absolute Gasteiger partial charge is 0.353 e. The number of thioether (sulfide) groups is 1. The molecule has 20 heavy (non-hydrogen) atoms. The molecule has 2 heterocycles. The van der Waals surface area contributed by atoms with Crippen LogP contribution in [0.5, 0.6) is 0 Å². The van der Waals surface area contributed by atoms with Crippen LogP contribution >= 0.6 is 11.8 Å². The summed E-state index contributed by atoms with van der Waals surface area (Å²) >= 11 is 1.23. The Kier molecular flexibility index (Phi) is 4.38. The summed E-state index contributed by atoms with van der Waals surface area (Å²) < 4.78 is 0. The van der Waals surface area contributed by atoms with E-state index in [-0.39, 0.29) is 23.6 Å². The van der Waals surface area contributed by atoms with E-state index in [0.717, 1.165) is 0 Å². The molecule has 2 rings (SSSR count). The van der Waals surface area contributed by atoms with Gasteiger partial charge in [0.05, 0.1) is 12.0 Å². The molecule has 0 aromatic carbocycles.